The molecule has 27 heavy (non-hydrogen) atoms. The van der Waals surface area contributed by atoms with Gasteiger partial charge in [0.2, 0.25) is 0 Å². The number of hydrogen-bond acceptors (Lipinski definition) is 9. The van der Waals surface area contributed by atoms with Gasteiger partial charge in [-0.1, -0.05) is 0 Å². The Hall–Kier alpha value is -2.18. The maximum Gasteiger partial charge on any atom is 0.360 e. The molecule has 0 aliphatic carbocycles. The summed E-state index contributed by atoms with van der Waals surface area (Å²) >= 11 is -2.08. The van der Waals surface area contributed by atoms with Crippen LogP contribution in [0.4, 0.5) is 0 Å². The third kappa shape index (κ3) is 6.81. The second kappa shape index (κ2) is 10.2. The molecule has 0 saturated carbocycles. The summed E-state index contributed by atoms with van der Waals surface area (Å²) in [7, 11) is -1.11. The lowest BCUT2D eigenvalue weighted by molar-refractivity contribution is -0.205. The summed E-state index contributed by atoms with van der Waals surface area (Å²) in [5.74, 6) is 1.44. The van der Waals surface area contributed by atoms with Crippen molar-refractivity contribution < 1.29 is 39.7 Å². The van der Waals surface area contributed by atoms with Crippen LogP contribution in [0, 0.1) is 0 Å². The van der Waals surface area contributed by atoms with E-state index >= 15 is 0 Å². The van der Waals surface area contributed by atoms with E-state index in [-0.39, 0.29) is 18.1 Å². The molecular weight excluding hydrogens is 400 g/mol. The molecule has 0 saturated heterocycles. The van der Waals surface area contributed by atoms with Crippen molar-refractivity contribution >= 4 is 21.5 Å². The first kappa shape index (κ1) is 21.1. The molecule has 0 amide bonds. The SMILES string of the molecule is COc1ccc(OS(=O)OCCOOS(=O)(=O)c2ccc(OC)cc2)cc1. The molecule has 0 fully saturated rings. The van der Waals surface area contributed by atoms with Crippen molar-refractivity contribution in [2.45, 2.75) is 4.90 Å². The van der Waals surface area contributed by atoms with Crippen LogP contribution in [0.1, 0.15) is 0 Å². The number of rotatable bonds is 11. The Balaban J connectivity index is 1.70. The van der Waals surface area contributed by atoms with Crippen molar-refractivity contribution in [2.75, 3.05) is 27.4 Å². The predicted octanol–water partition coefficient (Wildman–Crippen LogP) is 2.02. The normalized spacial score (nSPS) is 12.4. The average molecular weight is 418 g/mol. The van der Waals surface area contributed by atoms with Gasteiger partial charge in [-0.3, -0.25) is 4.18 Å². The van der Waals surface area contributed by atoms with Crippen LogP contribution in [0.3, 0.4) is 0 Å². The van der Waals surface area contributed by atoms with E-state index in [0.717, 1.165) is 0 Å². The van der Waals surface area contributed by atoms with Gasteiger partial charge in [-0.15, -0.1) is 4.33 Å². The maximum absolute atomic E-state index is 11.9. The Kier molecular flexibility index (Phi) is 8.00. The fourth-order valence-electron chi connectivity index (χ4n) is 1.75. The topological polar surface area (TPSA) is 107 Å². The van der Waals surface area contributed by atoms with Gasteiger partial charge in [-0.25, -0.2) is 4.89 Å². The molecule has 0 aliphatic rings. The molecule has 2 rings (SSSR count). The largest absolute Gasteiger partial charge is 0.497 e. The third-order valence-electron chi connectivity index (χ3n) is 3.06. The highest BCUT2D eigenvalue weighted by atomic mass is 32.2. The average Bonchev–Trinajstić information content (AvgIpc) is 2.68. The van der Waals surface area contributed by atoms with E-state index in [4.69, 9.17) is 17.8 Å². The van der Waals surface area contributed by atoms with Crippen molar-refractivity contribution in [3.63, 3.8) is 0 Å². The molecule has 0 spiro atoms. The predicted molar refractivity (Wildman–Crippen MR) is 94.9 cm³/mol. The monoisotopic (exact) mass is 418 g/mol. The van der Waals surface area contributed by atoms with Crippen LogP contribution in [0.25, 0.3) is 0 Å². The Labute approximate surface area is 159 Å². The van der Waals surface area contributed by atoms with E-state index in [9.17, 15) is 12.6 Å². The Morgan fingerprint density at radius 1 is 0.815 bits per heavy atom. The van der Waals surface area contributed by atoms with Crippen LogP contribution in [-0.4, -0.2) is 40.1 Å². The summed E-state index contributed by atoms with van der Waals surface area (Å²) in [6.45, 7) is -0.506. The summed E-state index contributed by atoms with van der Waals surface area (Å²) in [4.78, 5) is 4.49. The molecule has 0 bridgehead atoms. The van der Waals surface area contributed by atoms with Crippen molar-refractivity contribution in [3.05, 3.63) is 48.5 Å². The Bertz CT molecular complexity index is 833. The first-order chi connectivity index (χ1) is 12.9. The molecule has 0 aromatic heterocycles. The van der Waals surface area contributed by atoms with Crippen molar-refractivity contribution in [1.82, 2.24) is 0 Å². The van der Waals surface area contributed by atoms with Crippen LogP contribution in [0.5, 0.6) is 17.2 Å². The zero-order valence-corrected chi connectivity index (χ0v) is 16.2. The first-order valence-corrected chi connectivity index (χ1v) is 9.93. The van der Waals surface area contributed by atoms with Gasteiger partial charge in [-0.05, 0) is 48.5 Å². The summed E-state index contributed by atoms with van der Waals surface area (Å²) < 4.78 is 59.6. The zero-order valence-electron chi connectivity index (χ0n) is 14.5. The molecule has 0 heterocycles. The Morgan fingerprint density at radius 3 is 1.89 bits per heavy atom. The summed E-state index contributed by atoms with van der Waals surface area (Å²) in [6.07, 6.45) is 0. The van der Waals surface area contributed by atoms with Crippen LogP contribution >= 0.6 is 0 Å². The molecule has 11 heteroatoms. The molecule has 0 radical (unpaired) electrons. The second-order valence-corrected chi connectivity index (χ2v) is 7.13. The quantitative estimate of drug-likeness (QED) is 0.308. The fraction of sp³-hybridized carbons (Fsp3) is 0.250. The summed E-state index contributed by atoms with van der Waals surface area (Å²) in [6, 6.07) is 11.9. The van der Waals surface area contributed by atoms with E-state index in [1.165, 1.54) is 38.5 Å². The highest BCUT2D eigenvalue weighted by Crippen LogP contribution is 2.18. The van der Waals surface area contributed by atoms with E-state index < -0.39 is 21.5 Å². The van der Waals surface area contributed by atoms with Gasteiger partial charge in [0, 0.05) is 0 Å². The van der Waals surface area contributed by atoms with E-state index in [2.05, 4.69) is 9.22 Å². The molecule has 2 aromatic rings. The van der Waals surface area contributed by atoms with E-state index in [1.54, 1.807) is 24.3 Å². The lowest BCUT2D eigenvalue weighted by atomic mass is 10.3. The van der Waals surface area contributed by atoms with Crippen LogP contribution in [0.15, 0.2) is 53.4 Å². The fourth-order valence-corrected chi connectivity index (χ4v) is 3.01. The molecular formula is C16H18O9S2. The van der Waals surface area contributed by atoms with Crippen molar-refractivity contribution in [3.8, 4) is 17.2 Å². The molecule has 1 atom stereocenters. The number of benzene rings is 2. The minimum absolute atomic E-state index is 0.101. The van der Waals surface area contributed by atoms with Gasteiger partial charge in [0.15, 0.2) is 0 Å². The number of hydrogen-bond donors (Lipinski definition) is 0. The molecule has 1 unspecified atom stereocenters. The van der Waals surface area contributed by atoms with Gasteiger partial charge in [-0.2, -0.15) is 12.6 Å². The van der Waals surface area contributed by atoms with Gasteiger partial charge in [0.05, 0.1) is 25.7 Å². The highest BCUT2D eigenvalue weighted by molar-refractivity contribution is 7.86. The minimum Gasteiger partial charge on any atom is -0.497 e. The summed E-state index contributed by atoms with van der Waals surface area (Å²) in [5.41, 5.74) is 0. The molecule has 2 aromatic carbocycles. The number of methoxy groups -OCH3 is 2. The lowest BCUT2D eigenvalue weighted by Crippen LogP contribution is -2.13. The van der Waals surface area contributed by atoms with Crippen LogP contribution in [0.2, 0.25) is 0 Å². The van der Waals surface area contributed by atoms with Gasteiger partial charge in [0.25, 0.3) is 0 Å². The third-order valence-corrected chi connectivity index (χ3v) is 4.87. The maximum atomic E-state index is 11.9. The molecule has 0 aliphatic heterocycles. The first-order valence-electron chi connectivity index (χ1n) is 7.52. The molecule has 9 nitrogen and oxygen atoms in total. The van der Waals surface area contributed by atoms with E-state index in [0.29, 0.717) is 17.2 Å². The Morgan fingerprint density at radius 2 is 1.33 bits per heavy atom. The van der Waals surface area contributed by atoms with Crippen LogP contribution in [-0.2, 0) is 34.9 Å². The minimum atomic E-state index is -4.09. The van der Waals surface area contributed by atoms with Crippen molar-refractivity contribution in [2.24, 2.45) is 0 Å². The molecule has 148 valence electrons. The zero-order chi connectivity index (χ0) is 19.7. The summed E-state index contributed by atoms with van der Waals surface area (Å²) in [5, 5.41) is 0. The highest BCUT2D eigenvalue weighted by Gasteiger charge is 2.16. The molecule has 0 N–H and O–H groups in total. The van der Waals surface area contributed by atoms with Gasteiger partial charge < -0.3 is 13.7 Å². The van der Waals surface area contributed by atoms with Gasteiger partial charge >= 0.3 is 21.5 Å². The standard InChI is InChI=1S/C16H18O9S2/c1-20-13-3-5-15(6-4-13)24-26(17)23-12-11-22-25-27(18,19)16-9-7-14(21-2)8-10-16/h3-10H,11-12H2,1-2H3. The van der Waals surface area contributed by atoms with Gasteiger partial charge in [0.1, 0.15) is 23.9 Å². The van der Waals surface area contributed by atoms with Crippen molar-refractivity contribution in [1.29, 1.82) is 0 Å². The van der Waals surface area contributed by atoms with E-state index in [1.807, 2.05) is 0 Å². The lowest BCUT2D eigenvalue weighted by Gasteiger charge is -2.07. The second-order valence-electron chi connectivity index (χ2n) is 4.80. The van der Waals surface area contributed by atoms with Crippen LogP contribution < -0.4 is 13.7 Å². The number of ether oxygens (including phenoxy) is 2. The smallest absolute Gasteiger partial charge is 0.360 e.